The van der Waals surface area contributed by atoms with Crippen LogP contribution in [-0.4, -0.2) is 37.2 Å². The number of carbonyl (C=O) groups excluding carboxylic acids is 1. The summed E-state index contributed by atoms with van der Waals surface area (Å²) in [4.78, 5) is 11.8. The highest BCUT2D eigenvalue weighted by molar-refractivity contribution is 5.81. The fourth-order valence-electron chi connectivity index (χ4n) is 1.94. The molecule has 0 radical (unpaired) electrons. The van der Waals surface area contributed by atoms with E-state index in [1.54, 1.807) is 0 Å². The molecule has 1 heterocycles. The van der Waals surface area contributed by atoms with Crippen LogP contribution in [0.15, 0.2) is 0 Å². The summed E-state index contributed by atoms with van der Waals surface area (Å²) in [5.74, 6) is 0.104. The molecule has 94 valence electrons. The lowest BCUT2D eigenvalue weighted by molar-refractivity contribution is -0.125. The molecule has 0 aromatic carbocycles. The molecule has 1 rings (SSSR count). The lowest BCUT2D eigenvalue weighted by Gasteiger charge is -2.27. The fourth-order valence-corrected chi connectivity index (χ4v) is 1.94. The summed E-state index contributed by atoms with van der Waals surface area (Å²) >= 11 is 0. The Labute approximate surface area is 98.1 Å². The van der Waals surface area contributed by atoms with Gasteiger partial charge < -0.3 is 15.4 Å². The van der Waals surface area contributed by atoms with Crippen LogP contribution in [0.5, 0.6) is 0 Å². The zero-order valence-electron chi connectivity index (χ0n) is 10.6. The smallest absolute Gasteiger partial charge is 0.237 e. The Hall–Kier alpha value is -0.610. The summed E-state index contributed by atoms with van der Waals surface area (Å²) < 4.78 is 5.53. The third-order valence-corrected chi connectivity index (χ3v) is 2.85. The third-order valence-electron chi connectivity index (χ3n) is 2.85. The van der Waals surface area contributed by atoms with Crippen molar-refractivity contribution in [1.82, 2.24) is 10.6 Å². The van der Waals surface area contributed by atoms with Crippen molar-refractivity contribution >= 4 is 5.91 Å². The second kappa shape index (κ2) is 6.21. The molecule has 1 atom stereocenters. The van der Waals surface area contributed by atoms with Gasteiger partial charge in [-0.25, -0.2) is 0 Å². The first-order valence-corrected chi connectivity index (χ1v) is 6.20. The Morgan fingerprint density at radius 1 is 1.50 bits per heavy atom. The van der Waals surface area contributed by atoms with Crippen LogP contribution in [0.1, 0.15) is 40.0 Å². The zero-order chi connectivity index (χ0) is 12.0. The van der Waals surface area contributed by atoms with Gasteiger partial charge in [0.25, 0.3) is 0 Å². The molecule has 4 heteroatoms. The molecule has 16 heavy (non-hydrogen) atoms. The van der Waals surface area contributed by atoms with E-state index in [0.717, 1.165) is 19.4 Å². The van der Waals surface area contributed by atoms with Crippen molar-refractivity contribution in [2.75, 3.05) is 19.7 Å². The van der Waals surface area contributed by atoms with E-state index in [1.165, 1.54) is 6.42 Å². The number of nitrogens with one attached hydrogen (secondary N) is 2. The Balaban J connectivity index is 2.28. The average Bonchev–Trinajstić information content (AvgIpc) is 2.27. The van der Waals surface area contributed by atoms with Crippen molar-refractivity contribution in [2.45, 2.75) is 51.7 Å². The molecule has 1 unspecified atom stereocenters. The second-order valence-electron chi connectivity index (χ2n) is 4.91. The molecule has 0 spiro atoms. The van der Waals surface area contributed by atoms with Gasteiger partial charge in [0.1, 0.15) is 0 Å². The largest absolute Gasteiger partial charge is 0.374 e. The lowest BCUT2D eigenvalue weighted by atomic mass is 10.0. The summed E-state index contributed by atoms with van der Waals surface area (Å²) in [6.07, 6.45) is 3.26. The zero-order valence-corrected chi connectivity index (χ0v) is 10.6. The standard InChI is InChI=1S/C12H24N2O2/c1-4-16-12(2,3)9-14-11(15)10-7-5-6-8-13-10/h10,13H,4-9H2,1-3H3,(H,14,15). The van der Waals surface area contributed by atoms with Crippen molar-refractivity contribution < 1.29 is 9.53 Å². The van der Waals surface area contributed by atoms with Gasteiger partial charge in [-0.05, 0) is 40.2 Å². The molecule has 1 fully saturated rings. The summed E-state index contributed by atoms with van der Waals surface area (Å²) in [6, 6.07) is -0.00817. The molecule has 0 bridgehead atoms. The molecule has 2 N–H and O–H groups in total. The van der Waals surface area contributed by atoms with Crippen LogP contribution >= 0.6 is 0 Å². The number of amides is 1. The fraction of sp³-hybridized carbons (Fsp3) is 0.917. The molecule has 1 saturated heterocycles. The molecule has 1 aliphatic heterocycles. The summed E-state index contributed by atoms with van der Waals surface area (Å²) in [5, 5.41) is 6.19. The minimum absolute atomic E-state index is 0.00817. The molecule has 1 amide bonds. The minimum atomic E-state index is -0.279. The normalized spacial score (nSPS) is 21.8. The molecule has 0 aromatic rings. The van der Waals surface area contributed by atoms with Crippen LogP contribution in [0.25, 0.3) is 0 Å². The van der Waals surface area contributed by atoms with E-state index in [4.69, 9.17) is 4.74 Å². The third kappa shape index (κ3) is 4.49. The number of carbonyl (C=O) groups is 1. The SMILES string of the molecule is CCOC(C)(C)CNC(=O)C1CCCCN1. The van der Waals surface area contributed by atoms with Crippen molar-refractivity contribution in [3.8, 4) is 0 Å². The van der Waals surface area contributed by atoms with Gasteiger partial charge in [0.2, 0.25) is 5.91 Å². The van der Waals surface area contributed by atoms with Gasteiger partial charge in [0.15, 0.2) is 0 Å². The van der Waals surface area contributed by atoms with Crippen molar-refractivity contribution in [2.24, 2.45) is 0 Å². The minimum Gasteiger partial charge on any atom is -0.374 e. The van der Waals surface area contributed by atoms with Gasteiger partial charge >= 0.3 is 0 Å². The molecule has 4 nitrogen and oxygen atoms in total. The second-order valence-corrected chi connectivity index (χ2v) is 4.91. The quantitative estimate of drug-likeness (QED) is 0.740. The van der Waals surface area contributed by atoms with Gasteiger partial charge in [0.05, 0.1) is 11.6 Å². The predicted molar refractivity (Wildman–Crippen MR) is 64.4 cm³/mol. The molecular weight excluding hydrogens is 204 g/mol. The van der Waals surface area contributed by atoms with Crippen LogP contribution in [-0.2, 0) is 9.53 Å². The maximum absolute atomic E-state index is 11.8. The Kier molecular flexibility index (Phi) is 5.22. The van der Waals surface area contributed by atoms with E-state index in [0.29, 0.717) is 13.2 Å². The molecule has 0 aliphatic carbocycles. The molecular formula is C12H24N2O2. The summed E-state index contributed by atoms with van der Waals surface area (Å²) in [6.45, 7) is 8.14. The molecule has 1 aliphatic rings. The van der Waals surface area contributed by atoms with E-state index in [2.05, 4.69) is 10.6 Å². The average molecular weight is 228 g/mol. The van der Waals surface area contributed by atoms with Crippen LogP contribution in [0.4, 0.5) is 0 Å². The Morgan fingerprint density at radius 2 is 2.25 bits per heavy atom. The lowest BCUT2D eigenvalue weighted by Crippen LogP contribution is -2.50. The predicted octanol–water partition coefficient (Wildman–Crippen LogP) is 1.06. The highest BCUT2D eigenvalue weighted by Gasteiger charge is 2.23. The van der Waals surface area contributed by atoms with Gasteiger partial charge in [-0.15, -0.1) is 0 Å². The van der Waals surface area contributed by atoms with Gasteiger partial charge in [-0.3, -0.25) is 4.79 Å². The maximum Gasteiger partial charge on any atom is 0.237 e. The van der Waals surface area contributed by atoms with Gasteiger partial charge in [-0.2, -0.15) is 0 Å². The van der Waals surface area contributed by atoms with E-state index in [9.17, 15) is 4.79 Å². The van der Waals surface area contributed by atoms with E-state index in [1.807, 2.05) is 20.8 Å². The van der Waals surface area contributed by atoms with Crippen LogP contribution in [0.3, 0.4) is 0 Å². The number of piperidine rings is 1. The number of ether oxygens (including phenoxy) is 1. The van der Waals surface area contributed by atoms with E-state index < -0.39 is 0 Å². The van der Waals surface area contributed by atoms with Gasteiger partial charge in [-0.1, -0.05) is 6.42 Å². The molecule has 0 saturated carbocycles. The van der Waals surface area contributed by atoms with Crippen molar-refractivity contribution in [1.29, 1.82) is 0 Å². The molecule has 0 aromatic heterocycles. The Bertz CT molecular complexity index is 223. The summed E-state index contributed by atoms with van der Waals surface area (Å²) in [7, 11) is 0. The number of rotatable bonds is 5. The maximum atomic E-state index is 11.8. The first-order valence-electron chi connectivity index (χ1n) is 6.20. The van der Waals surface area contributed by atoms with Crippen LogP contribution < -0.4 is 10.6 Å². The van der Waals surface area contributed by atoms with Gasteiger partial charge in [0, 0.05) is 13.2 Å². The highest BCUT2D eigenvalue weighted by atomic mass is 16.5. The first-order chi connectivity index (χ1) is 7.55. The summed E-state index contributed by atoms with van der Waals surface area (Å²) in [5.41, 5.74) is -0.279. The highest BCUT2D eigenvalue weighted by Crippen LogP contribution is 2.09. The Morgan fingerprint density at radius 3 is 2.81 bits per heavy atom. The monoisotopic (exact) mass is 228 g/mol. The van der Waals surface area contributed by atoms with Crippen LogP contribution in [0, 0.1) is 0 Å². The van der Waals surface area contributed by atoms with Crippen LogP contribution in [0.2, 0.25) is 0 Å². The number of hydrogen-bond acceptors (Lipinski definition) is 3. The van der Waals surface area contributed by atoms with E-state index >= 15 is 0 Å². The van der Waals surface area contributed by atoms with Crippen molar-refractivity contribution in [3.05, 3.63) is 0 Å². The topological polar surface area (TPSA) is 50.4 Å². The number of hydrogen-bond donors (Lipinski definition) is 2. The first kappa shape index (κ1) is 13.5. The van der Waals surface area contributed by atoms with E-state index in [-0.39, 0.29) is 17.6 Å². The van der Waals surface area contributed by atoms with Crippen molar-refractivity contribution in [3.63, 3.8) is 0 Å².